The van der Waals surface area contributed by atoms with Crippen molar-refractivity contribution in [3.05, 3.63) is 48.1 Å². The van der Waals surface area contributed by atoms with Crippen LogP contribution in [0.2, 0.25) is 5.02 Å². The van der Waals surface area contributed by atoms with Crippen LogP contribution in [0.3, 0.4) is 0 Å². The van der Waals surface area contributed by atoms with Crippen molar-refractivity contribution in [1.29, 1.82) is 0 Å². The number of rotatable bonds is 4. The Labute approximate surface area is 105 Å². The molecule has 0 bridgehead atoms. The van der Waals surface area contributed by atoms with Crippen LogP contribution in [0.5, 0.6) is 0 Å². The van der Waals surface area contributed by atoms with E-state index in [1.54, 1.807) is 6.08 Å². The zero-order valence-electron chi connectivity index (χ0n) is 9.32. The molecule has 0 saturated carbocycles. The molecule has 17 heavy (non-hydrogen) atoms. The van der Waals surface area contributed by atoms with Crippen LogP contribution in [0, 0.1) is 0 Å². The van der Waals surface area contributed by atoms with E-state index in [0.29, 0.717) is 18.1 Å². The third kappa shape index (κ3) is 2.68. The van der Waals surface area contributed by atoms with Gasteiger partial charge in [0.1, 0.15) is 6.54 Å². The predicted molar refractivity (Wildman–Crippen MR) is 70.2 cm³/mol. The fourth-order valence-corrected chi connectivity index (χ4v) is 1.89. The van der Waals surface area contributed by atoms with Crippen LogP contribution in [-0.2, 0) is 11.3 Å². The van der Waals surface area contributed by atoms with Gasteiger partial charge >= 0.3 is 0 Å². The van der Waals surface area contributed by atoms with Gasteiger partial charge in [-0.3, -0.25) is 4.79 Å². The lowest BCUT2D eigenvalue weighted by Crippen LogP contribution is -2.27. The molecular weight excluding hydrogens is 236 g/mol. The van der Waals surface area contributed by atoms with E-state index in [1.807, 2.05) is 35.0 Å². The molecule has 0 atom stereocenters. The number of amides is 1. The average molecular weight is 249 g/mol. The molecule has 1 heterocycles. The first-order valence-corrected chi connectivity index (χ1v) is 5.70. The maximum absolute atomic E-state index is 11.6. The van der Waals surface area contributed by atoms with Crippen molar-refractivity contribution < 1.29 is 4.79 Å². The van der Waals surface area contributed by atoms with E-state index in [9.17, 15) is 4.79 Å². The van der Waals surface area contributed by atoms with Crippen molar-refractivity contribution in [1.82, 2.24) is 9.88 Å². The Kier molecular flexibility index (Phi) is 3.49. The molecule has 1 aromatic carbocycles. The molecule has 0 saturated heterocycles. The summed E-state index contributed by atoms with van der Waals surface area (Å²) in [5.74, 6) is -0.0302. The highest BCUT2D eigenvalue weighted by Crippen LogP contribution is 2.20. The van der Waals surface area contributed by atoms with Crippen molar-refractivity contribution >= 4 is 28.4 Å². The monoisotopic (exact) mass is 248 g/mol. The number of hydrogen-bond donors (Lipinski definition) is 1. The van der Waals surface area contributed by atoms with Crippen LogP contribution in [0.15, 0.2) is 43.1 Å². The number of carbonyl (C=O) groups is 1. The molecule has 2 rings (SSSR count). The molecule has 0 aliphatic rings. The van der Waals surface area contributed by atoms with Gasteiger partial charge in [-0.2, -0.15) is 0 Å². The van der Waals surface area contributed by atoms with Crippen molar-refractivity contribution in [2.45, 2.75) is 6.54 Å². The van der Waals surface area contributed by atoms with Gasteiger partial charge in [0, 0.05) is 28.7 Å². The maximum Gasteiger partial charge on any atom is 0.240 e. The van der Waals surface area contributed by atoms with E-state index in [0.717, 1.165) is 10.9 Å². The van der Waals surface area contributed by atoms with E-state index in [4.69, 9.17) is 11.6 Å². The van der Waals surface area contributed by atoms with E-state index in [1.165, 1.54) is 0 Å². The normalized spacial score (nSPS) is 10.4. The second kappa shape index (κ2) is 5.06. The summed E-state index contributed by atoms with van der Waals surface area (Å²) in [5.41, 5.74) is 1.00. The summed E-state index contributed by atoms with van der Waals surface area (Å²) in [6, 6.07) is 7.57. The van der Waals surface area contributed by atoms with E-state index < -0.39 is 0 Å². The molecule has 88 valence electrons. The van der Waals surface area contributed by atoms with E-state index in [-0.39, 0.29) is 5.91 Å². The Morgan fingerprint density at radius 1 is 1.47 bits per heavy atom. The largest absolute Gasteiger partial charge is 0.351 e. The third-order valence-electron chi connectivity index (χ3n) is 2.49. The fraction of sp³-hybridized carbons (Fsp3) is 0.154. The molecule has 0 aliphatic carbocycles. The molecule has 0 unspecified atom stereocenters. The molecule has 2 aromatic rings. The highest BCUT2D eigenvalue weighted by molar-refractivity contribution is 6.31. The zero-order chi connectivity index (χ0) is 12.3. The minimum Gasteiger partial charge on any atom is -0.351 e. The van der Waals surface area contributed by atoms with Crippen LogP contribution in [0.4, 0.5) is 0 Å². The number of aromatic nitrogens is 1. The summed E-state index contributed by atoms with van der Waals surface area (Å²) >= 11 is 5.90. The lowest BCUT2D eigenvalue weighted by molar-refractivity contribution is -0.121. The zero-order valence-corrected chi connectivity index (χ0v) is 10.1. The van der Waals surface area contributed by atoms with Crippen molar-refractivity contribution in [3.63, 3.8) is 0 Å². The molecule has 1 N–H and O–H groups in total. The first-order chi connectivity index (χ1) is 8.20. The molecule has 1 amide bonds. The smallest absolute Gasteiger partial charge is 0.240 e. The highest BCUT2D eigenvalue weighted by atomic mass is 35.5. The first-order valence-electron chi connectivity index (χ1n) is 5.32. The quantitative estimate of drug-likeness (QED) is 0.830. The maximum atomic E-state index is 11.6. The summed E-state index contributed by atoms with van der Waals surface area (Å²) in [5, 5.41) is 4.48. The van der Waals surface area contributed by atoms with Gasteiger partial charge in [0.2, 0.25) is 5.91 Å². The number of carbonyl (C=O) groups excluding carboxylic acids is 1. The van der Waals surface area contributed by atoms with Gasteiger partial charge in [0.15, 0.2) is 0 Å². The lowest BCUT2D eigenvalue weighted by atomic mass is 10.2. The lowest BCUT2D eigenvalue weighted by Gasteiger charge is -2.05. The van der Waals surface area contributed by atoms with Crippen molar-refractivity contribution in [2.24, 2.45) is 0 Å². The summed E-state index contributed by atoms with van der Waals surface area (Å²) in [7, 11) is 0. The topological polar surface area (TPSA) is 34.0 Å². The molecular formula is C13H13ClN2O. The van der Waals surface area contributed by atoms with Crippen LogP contribution < -0.4 is 5.32 Å². The van der Waals surface area contributed by atoms with Gasteiger partial charge < -0.3 is 9.88 Å². The molecule has 3 nitrogen and oxygen atoms in total. The van der Waals surface area contributed by atoms with Crippen molar-refractivity contribution in [2.75, 3.05) is 6.54 Å². The Bertz CT molecular complexity index is 560. The number of nitrogens with zero attached hydrogens (tertiary/aromatic N) is 1. The molecule has 0 spiro atoms. The van der Waals surface area contributed by atoms with Crippen LogP contribution in [0.25, 0.3) is 10.9 Å². The summed E-state index contributed by atoms with van der Waals surface area (Å²) in [6.45, 7) is 4.35. The molecule has 0 radical (unpaired) electrons. The van der Waals surface area contributed by atoms with Gasteiger partial charge in [0.05, 0.1) is 0 Å². The highest BCUT2D eigenvalue weighted by Gasteiger charge is 2.05. The van der Waals surface area contributed by atoms with Crippen LogP contribution >= 0.6 is 11.6 Å². The standard InChI is InChI=1S/C13H13ClN2O/c1-2-6-15-13(17)9-16-7-5-10-8-11(14)3-4-12(10)16/h2-5,7-8H,1,6,9H2,(H,15,17). The summed E-state index contributed by atoms with van der Waals surface area (Å²) in [6.07, 6.45) is 3.54. The second-order valence-corrected chi connectivity index (χ2v) is 4.18. The van der Waals surface area contributed by atoms with Gasteiger partial charge in [-0.15, -0.1) is 6.58 Å². The van der Waals surface area contributed by atoms with Crippen molar-refractivity contribution in [3.8, 4) is 0 Å². The molecule has 0 aliphatic heterocycles. The number of hydrogen-bond acceptors (Lipinski definition) is 1. The number of nitrogens with one attached hydrogen (secondary N) is 1. The van der Waals surface area contributed by atoms with Gasteiger partial charge in [-0.05, 0) is 24.3 Å². The minimum atomic E-state index is -0.0302. The third-order valence-corrected chi connectivity index (χ3v) is 2.73. The molecule has 0 fully saturated rings. The minimum absolute atomic E-state index is 0.0302. The SMILES string of the molecule is C=CCNC(=O)Cn1ccc2cc(Cl)ccc21. The van der Waals surface area contributed by atoms with Crippen LogP contribution in [-0.4, -0.2) is 17.0 Å². The Hall–Kier alpha value is -1.74. The second-order valence-electron chi connectivity index (χ2n) is 3.74. The first kappa shape index (κ1) is 11.7. The Morgan fingerprint density at radius 2 is 2.29 bits per heavy atom. The summed E-state index contributed by atoms with van der Waals surface area (Å²) < 4.78 is 1.89. The fourth-order valence-electron chi connectivity index (χ4n) is 1.71. The van der Waals surface area contributed by atoms with E-state index >= 15 is 0 Å². The Balaban J connectivity index is 2.19. The summed E-state index contributed by atoms with van der Waals surface area (Å²) in [4.78, 5) is 11.6. The molecule has 1 aromatic heterocycles. The van der Waals surface area contributed by atoms with E-state index in [2.05, 4.69) is 11.9 Å². The van der Waals surface area contributed by atoms with Gasteiger partial charge in [-0.1, -0.05) is 17.7 Å². The number of halogens is 1. The number of benzene rings is 1. The number of fused-ring (bicyclic) bond motifs is 1. The molecule has 4 heteroatoms. The Morgan fingerprint density at radius 3 is 3.06 bits per heavy atom. The van der Waals surface area contributed by atoms with Gasteiger partial charge in [-0.25, -0.2) is 0 Å². The average Bonchev–Trinajstić information content (AvgIpc) is 2.69. The van der Waals surface area contributed by atoms with Gasteiger partial charge in [0.25, 0.3) is 0 Å². The predicted octanol–water partition coefficient (Wildman–Crippen LogP) is 2.60. The van der Waals surface area contributed by atoms with Crippen LogP contribution in [0.1, 0.15) is 0 Å².